The normalized spacial score (nSPS) is 16.4. The van der Waals surface area contributed by atoms with Crippen molar-refractivity contribution in [2.75, 3.05) is 51.3 Å². The summed E-state index contributed by atoms with van der Waals surface area (Å²) in [4.78, 5) is 23.4. The number of nitrogens with zero attached hydrogens (tertiary/aromatic N) is 4. The van der Waals surface area contributed by atoms with E-state index in [1.807, 2.05) is 4.90 Å². The molecule has 0 unspecified atom stereocenters. The molecular formula is C12H17ClN4O3. The second kappa shape index (κ2) is 6.83. The number of methoxy groups -OCH3 is 1. The molecule has 1 N–H and O–H groups in total. The van der Waals surface area contributed by atoms with Crippen LogP contribution in [0.25, 0.3) is 0 Å². The Morgan fingerprint density at radius 2 is 2.15 bits per heavy atom. The highest BCUT2D eigenvalue weighted by Gasteiger charge is 2.21. The van der Waals surface area contributed by atoms with Gasteiger partial charge in [0.2, 0.25) is 5.95 Å². The number of carbonyl (C=O) groups is 1. The monoisotopic (exact) mass is 300 g/mol. The summed E-state index contributed by atoms with van der Waals surface area (Å²) < 4.78 is 5.05. The number of halogens is 1. The second-order valence-corrected chi connectivity index (χ2v) is 4.90. The minimum Gasteiger partial charge on any atom is -0.476 e. The molecule has 1 saturated heterocycles. The molecule has 0 spiro atoms. The molecular weight excluding hydrogens is 284 g/mol. The van der Waals surface area contributed by atoms with E-state index in [1.165, 1.54) is 6.20 Å². The van der Waals surface area contributed by atoms with Crippen molar-refractivity contribution in [1.29, 1.82) is 0 Å². The van der Waals surface area contributed by atoms with Gasteiger partial charge in [0.15, 0.2) is 5.69 Å². The largest absolute Gasteiger partial charge is 0.476 e. The number of aromatic nitrogens is 2. The first-order valence-corrected chi connectivity index (χ1v) is 6.71. The van der Waals surface area contributed by atoms with Gasteiger partial charge in [-0.3, -0.25) is 4.90 Å². The number of ether oxygens (including phenoxy) is 1. The summed E-state index contributed by atoms with van der Waals surface area (Å²) in [6.45, 7) is 4.86. The van der Waals surface area contributed by atoms with E-state index in [0.29, 0.717) is 12.6 Å². The number of piperazine rings is 1. The van der Waals surface area contributed by atoms with E-state index in [9.17, 15) is 4.79 Å². The smallest absolute Gasteiger partial charge is 0.356 e. The highest BCUT2D eigenvalue weighted by Crippen LogP contribution is 2.17. The first-order valence-electron chi connectivity index (χ1n) is 6.34. The van der Waals surface area contributed by atoms with E-state index >= 15 is 0 Å². The van der Waals surface area contributed by atoms with E-state index in [2.05, 4.69) is 14.9 Å². The van der Waals surface area contributed by atoms with Crippen molar-refractivity contribution in [1.82, 2.24) is 14.9 Å². The Morgan fingerprint density at radius 3 is 2.75 bits per heavy atom. The SMILES string of the molecule is COCCN1CCN(c2ncc(Cl)c(C(=O)O)n2)CC1. The maximum atomic E-state index is 11.0. The number of hydrogen-bond donors (Lipinski definition) is 1. The number of aromatic carboxylic acids is 1. The average molecular weight is 301 g/mol. The number of carboxylic acid groups (broad SMARTS) is 1. The highest BCUT2D eigenvalue weighted by atomic mass is 35.5. The van der Waals surface area contributed by atoms with Gasteiger partial charge in [0.1, 0.15) is 0 Å². The van der Waals surface area contributed by atoms with Gasteiger partial charge < -0.3 is 14.7 Å². The van der Waals surface area contributed by atoms with Crippen molar-refractivity contribution < 1.29 is 14.6 Å². The Bertz CT molecular complexity index is 478. The topological polar surface area (TPSA) is 78.8 Å². The van der Waals surface area contributed by atoms with Crippen LogP contribution in [0.1, 0.15) is 10.5 Å². The molecule has 7 nitrogen and oxygen atoms in total. The molecule has 1 aromatic heterocycles. The Hall–Kier alpha value is -1.44. The van der Waals surface area contributed by atoms with Crippen molar-refractivity contribution in [3.63, 3.8) is 0 Å². The summed E-state index contributed by atoms with van der Waals surface area (Å²) in [6.07, 6.45) is 1.34. The van der Waals surface area contributed by atoms with Crippen LogP contribution in [-0.4, -0.2) is 72.4 Å². The fourth-order valence-electron chi connectivity index (χ4n) is 2.05. The molecule has 0 bridgehead atoms. The highest BCUT2D eigenvalue weighted by molar-refractivity contribution is 6.33. The molecule has 2 rings (SSSR count). The number of rotatable bonds is 5. The second-order valence-electron chi connectivity index (χ2n) is 4.49. The summed E-state index contributed by atoms with van der Waals surface area (Å²) in [7, 11) is 1.69. The van der Waals surface area contributed by atoms with E-state index in [-0.39, 0.29) is 10.7 Å². The molecule has 0 radical (unpaired) electrons. The molecule has 0 atom stereocenters. The van der Waals surface area contributed by atoms with Gasteiger partial charge >= 0.3 is 5.97 Å². The predicted molar refractivity (Wildman–Crippen MR) is 74.5 cm³/mol. The van der Waals surface area contributed by atoms with Gasteiger partial charge in [-0.15, -0.1) is 0 Å². The zero-order chi connectivity index (χ0) is 14.5. The zero-order valence-corrected chi connectivity index (χ0v) is 12.0. The van der Waals surface area contributed by atoms with Gasteiger partial charge in [0, 0.05) is 39.8 Å². The Labute approximate surface area is 122 Å². The van der Waals surface area contributed by atoms with Gasteiger partial charge in [0.05, 0.1) is 17.8 Å². The maximum Gasteiger partial charge on any atom is 0.356 e. The molecule has 1 aromatic rings. The summed E-state index contributed by atoms with van der Waals surface area (Å²) in [6, 6.07) is 0. The third-order valence-corrected chi connectivity index (χ3v) is 3.48. The Kier molecular flexibility index (Phi) is 5.11. The lowest BCUT2D eigenvalue weighted by Gasteiger charge is -2.34. The van der Waals surface area contributed by atoms with Crippen LogP contribution < -0.4 is 4.90 Å². The summed E-state index contributed by atoms with van der Waals surface area (Å²) in [5.74, 6) is -0.726. The standard InChI is InChI=1S/C12H17ClN4O3/c1-20-7-6-16-2-4-17(5-3-16)12-14-8-9(13)10(15-12)11(18)19/h8H,2-7H2,1H3,(H,18,19). The van der Waals surface area contributed by atoms with Crippen molar-refractivity contribution in [3.05, 3.63) is 16.9 Å². The van der Waals surface area contributed by atoms with E-state index in [4.69, 9.17) is 21.4 Å². The molecule has 1 aliphatic rings. The minimum absolute atomic E-state index is 0.0555. The summed E-state index contributed by atoms with van der Waals surface area (Å²) in [5, 5.41) is 9.07. The quantitative estimate of drug-likeness (QED) is 0.853. The van der Waals surface area contributed by atoms with Crippen LogP contribution >= 0.6 is 11.6 Å². The van der Waals surface area contributed by atoms with Crippen molar-refractivity contribution in [3.8, 4) is 0 Å². The third-order valence-electron chi connectivity index (χ3n) is 3.20. The summed E-state index contributed by atoms with van der Waals surface area (Å²) in [5.41, 5.74) is -0.154. The molecule has 2 heterocycles. The molecule has 0 saturated carbocycles. The summed E-state index contributed by atoms with van der Waals surface area (Å²) >= 11 is 5.76. The average Bonchev–Trinajstić information content (AvgIpc) is 2.46. The van der Waals surface area contributed by atoms with Gasteiger partial charge in [-0.25, -0.2) is 14.8 Å². The van der Waals surface area contributed by atoms with Crippen LogP contribution in [0.2, 0.25) is 5.02 Å². The third kappa shape index (κ3) is 3.56. The Balaban J connectivity index is 2.00. The zero-order valence-electron chi connectivity index (χ0n) is 11.3. The fraction of sp³-hybridized carbons (Fsp3) is 0.583. The van der Waals surface area contributed by atoms with E-state index in [1.54, 1.807) is 7.11 Å². The van der Waals surface area contributed by atoms with E-state index < -0.39 is 5.97 Å². The van der Waals surface area contributed by atoms with Crippen molar-refractivity contribution >= 4 is 23.5 Å². The Morgan fingerprint density at radius 1 is 1.45 bits per heavy atom. The molecule has 0 amide bonds. The predicted octanol–water partition coefficient (Wildman–Crippen LogP) is 0.597. The molecule has 0 aromatic carbocycles. The van der Waals surface area contributed by atoms with Crippen molar-refractivity contribution in [2.24, 2.45) is 0 Å². The molecule has 1 fully saturated rings. The molecule has 1 aliphatic heterocycles. The van der Waals surface area contributed by atoms with Gasteiger partial charge in [-0.1, -0.05) is 11.6 Å². The maximum absolute atomic E-state index is 11.0. The first kappa shape index (κ1) is 15.0. The lowest BCUT2D eigenvalue weighted by atomic mass is 10.3. The molecule has 20 heavy (non-hydrogen) atoms. The number of anilines is 1. The molecule has 110 valence electrons. The van der Waals surface area contributed by atoms with Crippen LogP contribution in [0.5, 0.6) is 0 Å². The molecule has 0 aliphatic carbocycles. The number of hydrogen-bond acceptors (Lipinski definition) is 6. The number of carboxylic acids is 1. The fourth-order valence-corrected chi connectivity index (χ4v) is 2.22. The lowest BCUT2D eigenvalue weighted by Crippen LogP contribution is -2.47. The van der Waals surface area contributed by atoms with Crippen LogP contribution in [-0.2, 0) is 4.74 Å². The minimum atomic E-state index is -1.14. The van der Waals surface area contributed by atoms with Gasteiger partial charge in [0.25, 0.3) is 0 Å². The first-order chi connectivity index (χ1) is 9.61. The van der Waals surface area contributed by atoms with Gasteiger partial charge in [-0.2, -0.15) is 0 Å². The van der Waals surface area contributed by atoms with Crippen LogP contribution in [0.15, 0.2) is 6.20 Å². The van der Waals surface area contributed by atoms with Crippen LogP contribution in [0.4, 0.5) is 5.95 Å². The van der Waals surface area contributed by atoms with Crippen molar-refractivity contribution in [2.45, 2.75) is 0 Å². The van der Waals surface area contributed by atoms with Crippen LogP contribution in [0, 0.1) is 0 Å². The molecule has 8 heteroatoms. The van der Waals surface area contributed by atoms with E-state index in [0.717, 1.165) is 32.7 Å². The van der Waals surface area contributed by atoms with Gasteiger partial charge in [-0.05, 0) is 0 Å². The lowest BCUT2D eigenvalue weighted by molar-refractivity contribution is 0.0690. The van der Waals surface area contributed by atoms with Crippen LogP contribution in [0.3, 0.4) is 0 Å².